The van der Waals surface area contributed by atoms with Crippen molar-refractivity contribution in [3.63, 3.8) is 0 Å². The molecule has 0 saturated carbocycles. The number of nitrogens with zero attached hydrogens (tertiary/aromatic N) is 1. The predicted octanol–water partition coefficient (Wildman–Crippen LogP) is 2.60. The number of rotatable bonds is 4. The average molecular weight is 233 g/mol. The molecule has 1 aromatic rings. The molecule has 1 aliphatic heterocycles. The first-order valence-electron chi connectivity index (χ1n) is 6.80. The van der Waals surface area contributed by atoms with Crippen molar-refractivity contribution in [2.75, 3.05) is 19.6 Å². The maximum absolute atomic E-state index is 9.29. The maximum atomic E-state index is 9.29. The fourth-order valence-electron chi connectivity index (χ4n) is 2.59. The lowest BCUT2D eigenvalue weighted by atomic mass is 10.0. The van der Waals surface area contributed by atoms with Gasteiger partial charge >= 0.3 is 0 Å². The molecule has 0 unspecified atom stereocenters. The molecule has 1 fully saturated rings. The summed E-state index contributed by atoms with van der Waals surface area (Å²) in [6.45, 7) is 3.80. The highest BCUT2D eigenvalue weighted by Crippen LogP contribution is 2.13. The molecule has 17 heavy (non-hydrogen) atoms. The first-order chi connectivity index (χ1) is 8.40. The van der Waals surface area contributed by atoms with E-state index in [9.17, 15) is 5.11 Å². The molecule has 2 nitrogen and oxygen atoms in total. The highest BCUT2D eigenvalue weighted by Gasteiger charge is 2.09. The van der Waals surface area contributed by atoms with Crippen LogP contribution in [0.1, 0.15) is 36.8 Å². The Morgan fingerprint density at radius 3 is 2.24 bits per heavy atom. The molecule has 1 aromatic carbocycles. The van der Waals surface area contributed by atoms with Gasteiger partial charge in [0.2, 0.25) is 0 Å². The van der Waals surface area contributed by atoms with Crippen LogP contribution in [-0.4, -0.2) is 29.6 Å². The van der Waals surface area contributed by atoms with E-state index in [1.165, 1.54) is 44.3 Å². The molecule has 0 atom stereocenters. The summed E-state index contributed by atoms with van der Waals surface area (Å²) >= 11 is 0. The Balaban J connectivity index is 1.87. The fraction of sp³-hybridized carbons (Fsp3) is 0.600. The Labute approximate surface area is 104 Å². The van der Waals surface area contributed by atoms with Crippen molar-refractivity contribution in [3.8, 4) is 0 Å². The molecule has 1 saturated heterocycles. The van der Waals surface area contributed by atoms with Crippen molar-refractivity contribution in [2.24, 2.45) is 0 Å². The lowest BCUT2D eigenvalue weighted by Gasteiger charge is -2.20. The number of hydrogen-bond donors (Lipinski definition) is 1. The van der Waals surface area contributed by atoms with Crippen LogP contribution in [0.5, 0.6) is 0 Å². The molecule has 2 rings (SSSR count). The molecule has 94 valence electrons. The molecule has 0 radical (unpaired) electrons. The van der Waals surface area contributed by atoms with Crippen molar-refractivity contribution >= 4 is 0 Å². The van der Waals surface area contributed by atoms with Gasteiger partial charge in [-0.05, 0) is 43.5 Å². The van der Waals surface area contributed by atoms with E-state index in [1.54, 1.807) is 0 Å². The van der Waals surface area contributed by atoms with Crippen LogP contribution in [0.25, 0.3) is 0 Å². The molecular weight excluding hydrogens is 210 g/mol. The summed E-state index contributed by atoms with van der Waals surface area (Å²) in [6, 6.07) is 8.24. The Hall–Kier alpha value is -0.860. The third-order valence-corrected chi connectivity index (χ3v) is 3.68. The van der Waals surface area contributed by atoms with Crippen LogP contribution < -0.4 is 0 Å². The second kappa shape index (κ2) is 6.77. The summed E-state index contributed by atoms with van der Waals surface area (Å²) < 4.78 is 0. The van der Waals surface area contributed by atoms with Gasteiger partial charge in [0.05, 0.1) is 6.61 Å². The molecule has 0 spiro atoms. The van der Waals surface area contributed by atoms with Crippen molar-refractivity contribution in [2.45, 2.75) is 38.7 Å². The van der Waals surface area contributed by atoms with E-state index >= 15 is 0 Å². The van der Waals surface area contributed by atoms with Crippen molar-refractivity contribution < 1.29 is 5.11 Å². The van der Waals surface area contributed by atoms with Gasteiger partial charge in [-0.3, -0.25) is 0 Å². The molecule has 0 amide bonds. The molecule has 1 heterocycles. The van der Waals surface area contributed by atoms with Crippen LogP contribution in [0.2, 0.25) is 0 Å². The van der Waals surface area contributed by atoms with Crippen LogP contribution in [0, 0.1) is 0 Å². The van der Waals surface area contributed by atoms with Gasteiger partial charge in [-0.2, -0.15) is 0 Å². The number of aliphatic hydroxyl groups is 1. The molecule has 0 aliphatic carbocycles. The minimum atomic E-state index is 0.163. The molecule has 1 aliphatic rings. The van der Waals surface area contributed by atoms with Crippen molar-refractivity contribution in [3.05, 3.63) is 35.4 Å². The first kappa shape index (κ1) is 12.6. The van der Waals surface area contributed by atoms with Gasteiger partial charge in [0, 0.05) is 6.54 Å². The van der Waals surface area contributed by atoms with Crippen LogP contribution in [-0.2, 0) is 13.0 Å². The number of hydrogen-bond acceptors (Lipinski definition) is 2. The standard InChI is InChI=1S/C15H23NO/c17-13-15-8-4-3-7-14(15)9-12-16-10-5-1-2-6-11-16/h3-4,7-8,17H,1-2,5-6,9-13H2. The van der Waals surface area contributed by atoms with Gasteiger partial charge in [-0.1, -0.05) is 37.1 Å². The predicted molar refractivity (Wildman–Crippen MR) is 71.0 cm³/mol. The highest BCUT2D eigenvalue weighted by atomic mass is 16.3. The van der Waals surface area contributed by atoms with E-state index < -0.39 is 0 Å². The SMILES string of the molecule is OCc1ccccc1CCN1CCCCCC1. The molecule has 2 heteroatoms. The van der Waals surface area contributed by atoms with Gasteiger partial charge in [0.1, 0.15) is 0 Å². The van der Waals surface area contributed by atoms with Crippen LogP contribution >= 0.6 is 0 Å². The first-order valence-corrected chi connectivity index (χ1v) is 6.80. The van der Waals surface area contributed by atoms with E-state index in [0.29, 0.717) is 0 Å². The zero-order valence-electron chi connectivity index (χ0n) is 10.6. The Morgan fingerprint density at radius 2 is 1.59 bits per heavy atom. The van der Waals surface area contributed by atoms with Crippen LogP contribution in [0.15, 0.2) is 24.3 Å². The normalized spacial score (nSPS) is 17.9. The van der Waals surface area contributed by atoms with Crippen LogP contribution in [0.4, 0.5) is 0 Å². The second-order valence-corrected chi connectivity index (χ2v) is 4.93. The van der Waals surface area contributed by atoms with Crippen LogP contribution in [0.3, 0.4) is 0 Å². The quantitative estimate of drug-likeness (QED) is 0.864. The smallest absolute Gasteiger partial charge is 0.0684 e. The van der Waals surface area contributed by atoms with E-state index in [-0.39, 0.29) is 6.61 Å². The maximum Gasteiger partial charge on any atom is 0.0684 e. The third-order valence-electron chi connectivity index (χ3n) is 3.68. The summed E-state index contributed by atoms with van der Waals surface area (Å²) in [6.07, 6.45) is 6.55. The van der Waals surface area contributed by atoms with Crippen molar-refractivity contribution in [1.82, 2.24) is 4.90 Å². The number of aliphatic hydroxyl groups excluding tert-OH is 1. The third kappa shape index (κ3) is 3.83. The summed E-state index contributed by atoms with van der Waals surface area (Å²) in [5, 5.41) is 9.29. The van der Waals surface area contributed by atoms with E-state index in [2.05, 4.69) is 17.0 Å². The topological polar surface area (TPSA) is 23.5 Å². The summed E-state index contributed by atoms with van der Waals surface area (Å²) in [5.74, 6) is 0. The largest absolute Gasteiger partial charge is 0.392 e. The van der Waals surface area contributed by atoms with Gasteiger partial charge in [0.25, 0.3) is 0 Å². The summed E-state index contributed by atoms with van der Waals surface area (Å²) in [7, 11) is 0. The van der Waals surface area contributed by atoms with Gasteiger partial charge in [-0.25, -0.2) is 0 Å². The lowest BCUT2D eigenvalue weighted by molar-refractivity contribution is 0.275. The minimum absolute atomic E-state index is 0.163. The zero-order valence-corrected chi connectivity index (χ0v) is 10.6. The average Bonchev–Trinajstić information content (AvgIpc) is 2.65. The summed E-state index contributed by atoms with van der Waals surface area (Å²) in [5.41, 5.74) is 2.39. The monoisotopic (exact) mass is 233 g/mol. The Morgan fingerprint density at radius 1 is 0.941 bits per heavy atom. The summed E-state index contributed by atoms with van der Waals surface area (Å²) in [4.78, 5) is 2.57. The fourth-order valence-corrected chi connectivity index (χ4v) is 2.59. The minimum Gasteiger partial charge on any atom is -0.392 e. The van der Waals surface area contributed by atoms with Crippen molar-refractivity contribution in [1.29, 1.82) is 0 Å². The second-order valence-electron chi connectivity index (χ2n) is 4.93. The van der Waals surface area contributed by atoms with E-state index in [0.717, 1.165) is 18.5 Å². The lowest BCUT2D eigenvalue weighted by Crippen LogP contribution is -2.27. The van der Waals surface area contributed by atoms with E-state index in [1.807, 2.05) is 12.1 Å². The van der Waals surface area contributed by atoms with Gasteiger partial charge < -0.3 is 10.0 Å². The van der Waals surface area contributed by atoms with Gasteiger partial charge in [-0.15, -0.1) is 0 Å². The molecule has 1 N–H and O–H groups in total. The molecule has 0 bridgehead atoms. The highest BCUT2D eigenvalue weighted by molar-refractivity contribution is 5.26. The van der Waals surface area contributed by atoms with E-state index in [4.69, 9.17) is 0 Å². The Bertz CT molecular complexity index is 329. The molecular formula is C15H23NO. The molecule has 0 aromatic heterocycles. The zero-order chi connectivity index (χ0) is 11.9. The number of likely N-dealkylation sites (tertiary alicyclic amines) is 1. The van der Waals surface area contributed by atoms with Gasteiger partial charge in [0.15, 0.2) is 0 Å². The number of benzene rings is 1. The Kier molecular flexibility index (Phi) is 5.02.